The molecule has 0 saturated heterocycles. The Hall–Kier alpha value is -1.45. The molecule has 0 aliphatic heterocycles. The average Bonchev–Trinajstić information content (AvgIpc) is 2.83. The molecule has 0 amide bonds. The van der Waals surface area contributed by atoms with Gasteiger partial charge in [0, 0.05) is 21.3 Å². The van der Waals surface area contributed by atoms with Crippen LogP contribution in [-0.4, -0.2) is 5.78 Å². The fraction of sp³-hybridized carbons (Fsp3) is 0.0625. The largest absolute Gasteiger partial charge is 0.294 e. The van der Waals surface area contributed by atoms with Crippen molar-refractivity contribution in [2.24, 2.45) is 0 Å². The molecule has 19 heavy (non-hydrogen) atoms. The molecule has 1 heterocycles. The Morgan fingerprint density at radius 3 is 2.63 bits per heavy atom. The van der Waals surface area contributed by atoms with Crippen LogP contribution < -0.4 is 0 Å². The van der Waals surface area contributed by atoms with Gasteiger partial charge in [-0.1, -0.05) is 42.5 Å². The summed E-state index contributed by atoms with van der Waals surface area (Å²) in [5.74, 6) is 0.167. The first-order chi connectivity index (χ1) is 9.25. The smallest absolute Gasteiger partial charge is 0.168 e. The number of hydrogen-bond acceptors (Lipinski definition) is 2. The average molecular weight is 331 g/mol. The zero-order chi connectivity index (χ0) is 13.2. The molecular weight excluding hydrogens is 320 g/mol. The molecule has 0 unspecified atom stereocenters. The molecule has 0 N–H and O–H groups in total. The van der Waals surface area contributed by atoms with Gasteiger partial charge in [0.05, 0.1) is 0 Å². The molecule has 3 aromatic rings. The Morgan fingerprint density at radius 1 is 1.05 bits per heavy atom. The first kappa shape index (κ1) is 12.6. The Bertz CT molecular complexity index is 740. The van der Waals surface area contributed by atoms with Crippen molar-refractivity contribution in [3.8, 4) is 0 Å². The maximum absolute atomic E-state index is 12.5. The number of Topliss-reactive ketones (excluding diaryl/α,β-unsaturated/α-hetero) is 1. The van der Waals surface area contributed by atoms with Crippen molar-refractivity contribution in [3.63, 3.8) is 0 Å². The normalized spacial score (nSPS) is 10.8. The van der Waals surface area contributed by atoms with Crippen LogP contribution in [0.25, 0.3) is 10.8 Å². The first-order valence-corrected chi connectivity index (χ1v) is 7.66. The van der Waals surface area contributed by atoms with Crippen LogP contribution in [0.1, 0.15) is 15.2 Å². The summed E-state index contributed by atoms with van der Waals surface area (Å²) in [5, 5.41) is 4.14. The van der Waals surface area contributed by atoms with Gasteiger partial charge in [-0.25, -0.2) is 0 Å². The third kappa shape index (κ3) is 2.48. The molecule has 3 rings (SSSR count). The molecule has 3 heteroatoms. The maximum atomic E-state index is 12.5. The monoisotopic (exact) mass is 330 g/mol. The molecule has 1 nitrogen and oxygen atoms in total. The summed E-state index contributed by atoms with van der Waals surface area (Å²) in [5.41, 5.74) is 0.804. The van der Waals surface area contributed by atoms with Crippen molar-refractivity contribution in [2.45, 2.75) is 6.42 Å². The van der Waals surface area contributed by atoms with Gasteiger partial charge in [-0.2, -0.15) is 0 Å². The van der Waals surface area contributed by atoms with Crippen molar-refractivity contribution >= 4 is 43.8 Å². The highest BCUT2D eigenvalue weighted by atomic mass is 79.9. The number of carbonyl (C=O) groups is 1. The third-order valence-corrected chi connectivity index (χ3v) is 5.03. The number of fused-ring (bicyclic) bond motifs is 1. The van der Waals surface area contributed by atoms with Gasteiger partial charge < -0.3 is 0 Å². The summed E-state index contributed by atoms with van der Waals surface area (Å²) in [4.78, 5) is 13.5. The number of halogens is 1. The molecular formula is C16H11BrOS. The molecule has 0 fully saturated rings. The van der Waals surface area contributed by atoms with E-state index in [9.17, 15) is 4.79 Å². The van der Waals surface area contributed by atoms with E-state index in [-0.39, 0.29) is 5.78 Å². The second-order valence-corrected chi connectivity index (χ2v) is 6.17. The van der Waals surface area contributed by atoms with Gasteiger partial charge in [0.25, 0.3) is 0 Å². The van der Waals surface area contributed by atoms with Crippen molar-refractivity contribution in [1.29, 1.82) is 0 Å². The van der Waals surface area contributed by atoms with E-state index in [0.29, 0.717) is 6.42 Å². The maximum Gasteiger partial charge on any atom is 0.168 e. The summed E-state index contributed by atoms with van der Waals surface area (Å²) in [6.07, 6.45) is 0.451. The van der Waals surface area contributed by atoms with Crippen molar-refractivity contribution < 1.29 is 4.79 Å². The lowest BCUT2D eigenvalue weighted by molar-refractivity contribution is 0.0995. The minimum atomic E-state index is 0.167. The summed E-state index contributed by atoms with van der Waals surface area (Å²) >= 11 is 5.09. The lowest BCUT2D eigenvalue weighted by Gasteiger charge is -2.05. The van der Waals surface area contributed by atoms with Crippen molar-refractivity contribution in [3.05, 3.63) is 68.8 Å². The highest BCUT2D eigenvalue weighted by Crippen LogP contribution is 2.26. The van der Waals surface area contributed by atoms with Crippen molar-refractivity contribution in [1.82, 2.24) is 0 Å². The molecule has 1 aromatic heterocycles. The Balaban J connectivity index is 2.00. The molecule has 0 atom stereocenters. The van der Waals surface area contributed by atoms with Gasteiger partial charge in [-0.05, 0) is 38.1 Å². The molecule has 94 valence electrons. The number of carbonyl (C=O) groups excluding carboxylic acids is 1. The van der Waals surface area contributed by atoms with Crippen LogP contribution in [0.5, 0.6) is 0 Å². The summed E-state index contributed by atoms with van der Waals surface area (Å²) in [6.45, 7) is 0. The Labute approximate surface area is 124 Å². The molecule has 0 aliphatic rings. The number of benzene rings is 2. The molecule has 0 saturated carbocycles. The van der Waals surface area contributed by atoms with Crippen LogP contribution >= 0.6 is 27.3 Å². The zero-order valence-corrected chi connectivity index (χ0v) is 12.5. The summed E-state index contributed by atoms with van der Waals surface area (Å²) in [6, 6.07) is 15.9. The van der Waals surface area contributed by atoms with E-state index >= 15 is 0 Å². The van der Waals surface area contributed by atoms with E-state index in [0.717, 1.165) is 25.7 Å². The molecule has 0 bridgehead atoms. The number of thiophene rings is 1. The molecule has 0 spiro atoms. The van der Waals surface area contributed by atoms with Crippen LogP contribution in [-0.2, 0) is 6.42 Å². The molecule has 0 aliphatic carbocycles. The van der Waals surface area contributed by atoms with Crippen LogP contribution in [0.15, 0.2) is 58.4 Å². The van der Waals surface area contributed by atoms with Crippen LogP contribution in [0, 0.1) is 0 Å². The summed E-state index contributed by atoms with van der Waals surface area (Å²) < 4.78 is 1.02. The van der Waals surface area contributed by atoms with Gasteiger partial charge in [-0.15, -0.1) is 11.3 Å². The van der Waals surface area contributed by atoms with Crippen LogP contribution in [0.4, 0.5) is 0 Å². The predicted molar refractivity (Wildman–Crippen MR) is 84.0 cm³/mol. The summed E-state index contributed by atoms with van der Waals surface area (Å²) in [7, 11) is 0. The third-order valence-electron chi connectivity index (χ3n) is 3.10. The van der Waals surface area contributed by atoms with E-state index in [1.54, 1.807) is 11.3 Å². The fourth-order valence-electron chi connectivity index (χ4n) is 2.16. The van der Waals surface area contributed by atoms with E-state index in [4.69, 9.17) is 0 Å². The highest BCUT2D eigenvalue weighted by Gasteiger charge is 2.12. The quantitative estimate of drug-likeness (QED) is 0.611. The second kappa shape index (κ2) is 5.27. The Kier molecular flexibility index (Phi) is 3.49. The Morgan fingerprint density at radius 2 is 1.84 bits per heavy atom. The number of ketones is 1. The number of rotatable bonds is 3. The van der Waals surface area contributed by atoms with Gasteiger partial charge >= 0.3 is 0 Å². The predicted octanol–water partition coefficient (Wildman–Crippen LogP) is 5.09. The van der Waals surface area contributed by atoms with Gasteiger partial charge in [0.15, 0.2) is 5.78 Å². The fourth-order valence-corrected chi connectivity index (χ4v) is 3.65. The van der Waals surface area contributed by atoms with Gasteiger partial charge in [0.2, 0.25) is 0 Å². The van der Waals surface area contributed by atoms with Crippen molar-refractivity contribution in [2.75, 3.05) is 0 Å². The van der Waals surface area contributed by atoms with E-state index in [2.05, 4.69) is 15.9 Å². The highest BCUT2D eigenvalue weighted by molar-refractivity contribution is 9.10. The minimum absolute atomic E-state index is 0.167. The molecule has 2 aromatic carbocycles. The zero-order valence-electron chi connectivity index (χ0n) is 10.1. The lowest BCUT2D eigenvalue weighted by atomic mass is 9.99. The standard InChI is InChI=1S/C16H11BrOS/c17-14-8-9-19-16(14)10-15(18)13-7-3-5-11-4-1-2-6-12(11)13/h1-9H,10H2. The molecule has 0 radical (unpaired) electrons. The SMILES string of the molecule is O=C(Cc1sccc1Br)c1cccc2ccccc12. The number of hydrogen-bond donors (Lipinski definition) is 0. The topological polar surface area (TPSA) is 17.1 Å². The minimum Gasteiger partial charge on any atom is -0.294 e. The first-order valence-electron chi connectivity index (χ1n) is 5.98. The van der Waals surface area contributed by atoms with E-state index < -0.39 is 0 Å². The van der Waals surface area contributed by atoms with Gasteiger partial charge in [-0.3, -0.25) is 4.79 Å². The van der Waals surface area contributed by atoms with Crippen LogP contribution in [0.3, 0.4) is 0 Å². The van der Waals surface area contributed by atoms with Crippen LogP contribution in [0.2, 0.25) is 0 Å². The van der Waals surface area contributed by atoms with Gasteiger partial charge in [0.1, 0.15) is 0 Å². The van der Waals surface area contributed by atoms with E-state index in [1.807, 2.05) is 53.9 Å². The van der Waals surface area contributed by atoms with E-state index in [1.165, 1.54) is 0 Å². The second-order valence-electron chi connectivity index (χ2n) is 4.32. The lowest BCUT2D eigenvalue weighted by Crippen LogP contribution is -2.03.